The maximum absolute atomic E-state index is 13.6. The minimum atomic E-state index is -0.408. The molecule has 2 aromatic carbocycles. The number of ketones is 1. The molecule has 0 aromatic heterocycles. The highest BCUT2D eigenvalue weighted by Gasteiger charge is 2.11. The summed E-state index contributed by atoms with van der Waals surface area (Å²) in [6.45, 7) is 0.384. The van der Waals surface area contributed by atoms with Crippen LogP contribution in [0.5, 0.6) is 0 Å². The number of benzene rings is 2. The predicted octanol–water partition coefficient (Wildman–Crippen LogP) is 3.29. The number of carbonyl (C=O) groups is 1. The second-order valence-electron chi connectivity index (χ2n) is 4.60. The van der Waals surface area contributed by atoms with Crippen LogP contribution < -0.4 is 5.73 Å². The molecule has 2 rings (SSSR count). The molecule has 2 N–H and O–H groups in total. The van der Waals surface area contributed by atoms with Gasteiger partial charge < -0.3 is 5.73 Å². The molecule has 0 bridgehead atoms. The molecule has 0 aliphatic rings. The number of rotatable bonds is 5. The van der Waals surface area contributed by atoms with Crippen molar-refractivity contribution in [1.29, 1.82) is 0 Å². The van der Waals surface area contributed by atoms with Gasteiger partial charge in [0.05, 0.1) is 0 Å². The van der Waals surface area contributed by atoms with Crippen LogP contribution in [-0.4, -0.2) is 5.78 Å². The predicted molar refractivity (Wildman–Crippen MR) is 78.2 cm³/mol. The summed E-state index contributed by atoms with van der Waals surface area (Å²) in [6.07, 6.45) is 0.282. The summed E-state index contributed by atoms with van der Waals surface area (Å²) in [4.78, 5) is 12.1. The SMILES string of the molecule is NCc1ccccc1CC(=O)Cc1cc(Cl)ccc1F. The molecular formula is C16H15ClFNO. The highest BCUT2D eigenvalue weighted by atomic mass is 35.5. The van der Waals surface area contributed by atoms with Gasteiger partial charge in [-0.05, 0) is 34.9 Å². The quantitative estimate of drug-likeness (QED) is 0.918. The van der Waals surface area contributed by atoms with Crippen molar-refractivity contribution in [1.82, 2.24) is 0 Å². The van der Waals surface area contributed by atoms with Crippen LogP contribution in [0.2, 0.25) is 5.02 Å². The van der Waals surface area contributed by atoms with Crippen molar-refractivity contribution >= 4 is 17.4 Å². The molecule has 2 aromatic rings. The van der Waals surface area contributed by atoms with E-state index >= 15 is 0 Å². The van der Waals surface area contributed by atoms with Gasteiger partial charge in [-0.15, -0.1) is 0 Å². The van der Waals surface area contributed by atoms with Crippen LogP contribution in [0, 0.1) is 5.82 Å². The Morgan fingerprint density at radius 1 is 1.05 bits per heavy atom. The van der Waals surface area contributed by atoms with Gasteiger partial charge in [0.15, 0.2) is 0 Å². The van der Waals surface area contributed by atoms with E-state index in [0.717, 1.165) is 11.1 Å². The summed E-state index contributed by atoms with van der Waals surface area (Å²) in [5, 5.41) is 0.427. The maximum atomic E-state index is 13.6. The zero-order chi connectivity index (χ0) is 14.5. The van der Waals surface area contributed by atoms with Crippen LogP contribution in [0.25, 0.3) is 0 Å². The first-order chi connectivity index (χ1) is 9.60. The van der Waals surface area contributed by atoms with E-state index in [4.69, 9.17) is 17.3 Å². The summed E-state index contributed by atoms with van der Waals surface area (Å²) < 4.78 is 13.6. The largest absolute Gasteiger partial charge is 0.326 e. The Hall–Kier alpha value is -1.71. The van der Waals surface area contributed by atoms with Crippen LogP contribution >= 0.6 is 11.6 Å². The van der Waals surface area contributed by atoms with E-state index in [2.05, 4.69) is 0 Å². The molecule has 0 saturated carbocycles. The fourth-order valence-electron chi connectivity index (χ4n) is 2.10. The van der Waals surface area contributed by atoms with Crippen molar-refractivity contribution in [3.05, 3.63) is 70.0 Å². The molecule has 0 unspecified atom stereocenters. The summed E-state index contributed by atoms with van der Waals surface area (Å²) in [5.41, 5.74) is 7.79. The van der Waals surface area contributed by atoms with Gasteiger partial charge >= 0.3 is 0 Å². The van der Waals surface area contributed by atoms with Gasteiger partial charge in [0, 0.05) is 24.4 Å². The fourth-order valence-corrected chi connectivity index (χ4v) is 2.29. The van der Waals surface area contributed by atoms with Gasteiger partial charge in [-0.2, -0.15) is 0 Å². The molecule has 0 amide bonds. The molecular weight excluding hydrogens is 277 g/mol. The van der Waals surface area contributed by atoms with Gasteiger partial charge in [-0.25, -0.2) is 4.39 Å². The Morgan fingerprint density at radius 2 is 1.70 bits per heavy atom. The van der Waals surface area contributed by atoms with Crippen molar-refractivity contribution in [3.63, 3.8) is 0 Å². The number of halogens is 2. The summed E-state index contributed by atoms with van der Waals surface area (Å²) in [7, 11) is 0. The third-order valence-corrected chi connectivity index (χ3v) is 3.36. The maximum Gasteiger partial charge on any atom is 0.141 e. The van der Waals surface area contributed by atoms with Gasteiger partial charge in [0.2, 0.25) is 0 Å². The monoisotopic (exact) mass is 291 g/mol. The zero-order valence-corrected chi connectivity index (χ0v) is 11.7. The van der Waals surface area contributed by atoms with Crippen LogP contribution in [0.1, 0.15) is 16.7 Å². The molecule has 0 saturated heterocycles. The van der Waals surface area contributed by atoms with E-state index in [-0.39, 0.29) is 18.6 Å². The van der Waals surface area contributed by atoms with Crippen LogP contribution in [-0.2, 0) is 24.2 Å². The van der Waals surface area contributed by atoms with Gasteiger partial charge in [0.1, 0.15) is 11.6 Å². The number of hydrogen-bond acceptors (Lipinski definition) is 2. The van der Waals surface area contributed by atoms with Crippen molar-refractivity contribution in [2.75, 3.05) is 0 Å². The first-order valence-electron chi connectivity index (χ1n) is 6.32. The molecule has 0 radical (unpaired) electrons. The molecule has 20 heavy (non-hydrogen) atoms. The fraction of sp³-hybridized carbons (Fsp3) is 0.188. The minimum absolute atomic E-state index is 0.0330. The Balaban J connectivity index is 2.11. The summed E-state index contributed by atoms with van der Waals surface area (Å²) >= 11 is 5.81. The van der Waals surface area contributed by atoms with Crippen molar-refractivity contribution < 1.29 is 9.18 Å². The summed E-state index contributed by atoms with van der Waals surface area (Å²) in [5.74, 6) is -0.470. The normalized spacial score (nSPS) is 10.6. The first-order valence-corrected chi connectivity index (χ1v) is 6.70. The topological polar surface area (TPSA) is 43.1 Å². The molecule has 0 spiro atoms. The second-order valence-corrected chi connectivity index (χ2v) is 5.04. The lowest BCUT2D eigenvalue weighted by Crippen LogP contribution is -2.11. The van der Waals surface area contributed by atoms with Crippen molar-refractivity contribution in [2.24, 2.45) is 5.73 Å². The zero-order valence-electron chi connectivity index (χ0n) is 10.9. The molecule has 0 aliphatic carbocycles. The standard InChI is InChI=1S/C16H15ClFNO/c17-14-5-6-16(18)13(7-14)9-15(20)8-11-3-1-2-4-12(11)10-19/h1-7H,8-10,19H2. The first kappa shape index (κ1) is 14.7. The highest BCUT2D eigenvalue weighted by molar-refractivity contribution is 6.30. The van der Waals surface area contributed by atoms with Crippen LogP contribution in [0.15, 0.2) is 42.5 Å². The van der Waals surface area contributed by atoms with Crippen molar-refractivity contribution in [3.8, 4) is 0 Å². The van der Waals surface area contributed by atoms with Crippen molar-refractivity contribution in [2.45, 2.75) is 19.4 Å². The van der Waals surface area contributed by atoms with Gasteiger partial charge in [-0.1, -0.05) is 35.9 Å². The Bertz CT molecular complexity index is 628. The Kier molecular flexibility index (Phi) is 4.88. The lowest BCUT2D eigenvalue weighted by atomic mass is 9.99. The molecule has 104 valence electrons. The van der Waals surface area contributed by atoms with Gasteiger partial charge in [-0.3, -0.25) is 4.79 Å². The third kappa shape index (κ3) is 3.65. The van der Waals surface area contributed by atoms with Gasteiger partial charge in [0.25, 0.3) is 0 Å². The molecule has 0 atom stereocenters. The minimum Gasteiger partial charge on any atom is -0.326 e. The second kappa shape index (κ2) is 6.64. The molecule has 4 heteroatoms. The Morgan fingerprint density at radius 3 is 2.40 bits per heavy atom. The number of carbonyl (C=O) groups excluding carboxylic acids is 1. The summed E-state index contributed by atoms with van der Waals surface area (Å²) in [6, 6.07) is 11.7. The molecule has 0 heterocycles. The van der Waals surface area contributed by atoms with E-state index in [1.807, 2.05) is 24.3 Å². The van der Waals surface area contributed by atoms with E-state index in [0.29, 0.717) is 17.1 Å². The third-order valence-electron chi connectivity index (χ3n) is 3.12. The molecule has 0 aliphatic heterocycles. The molecule has 0 fully saturated rings. The lowest BCUT2D eigenvalue weighted by Gasteiger charge is -2.07. The lowest BCUT2D eigenvalue weighted by molar-refractivity contribution is -0.117. The highest BCUT2D eigenvalue weighted by Crippen LogP contribution is 2.17. The van der Waals surface area contributed by atoms with E-state index in [9.17, 15) is 9.18 Å². The average Bonchev–Trinajstić information content (AvgIpc) is 2.43. The number of nitrogens with two attached hydrogens (primary N) is 1. The Labute approximate surface area is 122 Å². The van der Waals surface area contributed by atoms with E-state index in [1.165, 1.54) is 18.2 Å². The van der Waals surface area contributed by atoms with Crippen LogP contribution in [0.3, 0.4) is 0 Å². The van der Waals surface area contributed by atoms with E-state index < -0.39 is 5.82 Å². The smallest absolute Gasteiger partial charge is 0.141 e. The molecule has 2 nitrogen and oxygen atoms in total. The number of hydrogen-bond donors (Lipinski definition) is 1. The van der Waals surface area contributed by atoms with E-state index in [1.54, 1.807) is 0 Å². The average molecular weight is 292 g/mol. The number of Topliss-reactive ketones (excluding diaryl/α,β-unsaturated/α-hetero) is 1. The van der Waals surface area contributed by atoms with Crippen LogP contribution in [0.4, 0.5) is 4.39 Å².